The van der Waals surface area contributed by atoms with Crippen LogP contribution >= 0.6 is 0 Å². The van der Waals surface area contributed by atoms with E-state index >= 15 is 0 Å². The highest BCUT2D eigenvalue weighted by Gasteiger charge is 2.11. The number of carbonyl (C=O) groups excluding carboxylic acids is 1. The smallest absolute Gasteiger partial charge is 0.224 e. The molecule has 5 nitrogen and oxygen atoms in total. The molecule has 6 heteroatoms. The summed E-state index contributed by atoms with van der Waals surface area (Å²) in [6.45, 7) is 3.15. The number of halogens is 1. The molecule has 0 aliphatic heterocycles. The van der Waals surface area contributed by atoms with E-state index in [0.29, 0.717) is 12.1 Å². The van der Waals surface area contributed by atoms with Gasteiger partial charge >= 0.3 is 0 Å². The summed E-state index contributed by atoms with van der Waals surface area (Å²) in [5.74, 6) is 0.318. The molecule has 0 saturated heterocycles. The van der Waals surface area contributed by atoms with Gasteiger partial charge < -0.3 is 14.6 Å². The molecule has 0 unspecified atom stereocenters. The Labute approximate surface area is 145 Å². The van der Waals surface area contributed by atoms with Crippen LogP contribution in [0.5, 0.6) is 5.75 Å². The summed E-state index contributed by atoms with van der Waals surface area (Å²) in [4.78, 5) is 16.7. The number of aromatic nitrogens is 2. The molecule has 1 aromatic heterocycles. The van der Waals surface area contributed by atoms with Crippen molar-refractivity contribution in [3.63, 3.8) is 0 Å². The molecule has 25 heavy (non-hydrogen) atoms. The van der Waals surface area contributed by atoms with Gasteiger partial charge in [0, 0.05) is 6.54 Å². The number of methoxy groups -OCH3 is 1. The Kier molecular flexibility index (Phi) is 4.97. The van der Waals surface area contributed by atoms with Gasteiger partial charge in [0.15, 0.2) is 11.6 Å². The quantitative estimate of drug-likeness (QED) is 0.750. The lowest BCUT2D eigenvalue weighted by Crippen LogP contribution is -2.26. The number of hydrogen-bond donors (Lipinski definition) is 1. The van der Waals surface area contributed by atoms with Crippen LogP contribution in [0.25, 0.3) is 11.0 Å². The van der Waals surface area contributed by atoms with Gasteiger partial charge in [-0.05, 0) is 36.8 Å². The minimum atomic E-state index is -0.472. The standard InChI is InChI=1S/C19H20FN3O2/c1-3-23-16-7-5-4-6-15(16)22-18(23)12-21-19(24)11-13-8-9-17(25-2)14(20)10-13/h4-10H,3,11-12H2,1-2H3,(H,21,24). The van der Waals surface area contributed by atoms with Crippen LogP contribution < -0.4 is 10.1 Å². The van der Waals surface area contributed by atoms with E-state index in [2.05, 4.69) is 14.9 Å². The Morgan fingerprint density at radius 1 is 1.28 bits per heavy atom. The van der Waals surface area contributed by atoms with Gasteiger partial charge in [0.1, 0.15) is 5.82 Å². The van der Waals surface area contributed by atoms with Gasteiger partial charge in [0.2, 0.25) is 5.91 Å². The molecule has 1 amide bonds. The van der Waals surface area contributed by atoms with Gasteiger partial charge in [0.05, 0.1) is 31.1 Å². The van der Waals surface area contributed by atoms with Crippen molar-refractivity contribution in [2.24, 2.45) is 0 Å². The predicted octanol–water partition coefficient (Wildman–Crippen LogP) is 3.06. The van der Waals surface area contributed by atoms with Crippen molar-refractivity contribution in [1.29, 1.82) is 0 Å². The summed E-state index contributed by atoms with van der Waals surface area (Å²) >= 11 is 0. The molecule has 0 atom stereocenters. The summed E-state index contributed by atoms with van der Waals surface area (Å²) in [6, 6.07) is 12.4. The van der Waals surface area contributed by atoms with Crippen LogP contribution in [-0.4, -0.2) is 22.6 Å². The summed E-state index contributed by atoms with van der Waals surface area (Å²) in [5, 5.41) is 2.86. The molecule has 3 rings (SSSR count). The largest absolute Gasteiger partial charge is 0.494 e. The fourth-order valence-corrected chi connectivity index (χ4v) is 2.86. The number of fused-ring (bicyclic) bond motifs is 1. The molecule has 3 aromatic rings. The van der Waals surface area contributed by atoms with Crippen LogP contribution in [0, 0.1) is 5.82 Å². The number of imidazole rings is 1. The second kappa shape index (κ2) is 7.34. The summed E-state index contributed by atoms with van der Waals surface area (Å²) in [7, 11) is 1.41. The zero-order valence-electron chi connectivity index (χ0n) is 14.3. The van der Waals surface area contributed by atoms with Crippen LogP contribution in [0.4, 0.5) is 4.39 Å². The second-order valence-electron chi connectivity index (χ2n) is 5.68. The topological polar surface area (TPSA) is 56.2 Å². The molecule has 0 fully saturated rings. The van der Waals surface area contributed by atoms with Gasteiger partial charge in [-0.25, -0.2) is 9.37 Å². The van der Waals surface area contributed by atoms with E-state index < -0.39 is 5.82 Å². The number of nitrogens with zero attached hydrogens (tertiary/aromatic N) is 2. The van der Waals surface area contributed by atoms with Crippen molar-refractivity contribution in [1.82, 2.24) is 14.9 Å². The number of hydrogen-bond acceptors (Lipinski definition) is 3. The first-order valence-corrected chi connectivity index (χ1v) is 8.15. The van der Waals surface area contributed by atoms with Crippen molar-refractivity contribution in [2.45, 2.75) is 26.4 Å². The molecule has 0 saturated carbocycles. The lowest BCUT2D eigenvalue weighted by atomic mass is 10.1. The van der Waals surface area contributed by atoms with E-state index in [9.17, 15) is 9.18 Å². The van der Waals surface area contributed by atoms with Crippen molar-refractivity contribution >= 4 is 16.9 Å². The van der Waals surface area contributed by atoms with E-state index in [1.54, 1.807) is 6.07 Å². The average Bonchev–Trinajstić information content (AvgIpc) is 2.97. The van der Waals surface area contributed by atoms with E-state index in [1.165, 1.54) is 19.2 Å². The predicted molar refractivity (Wildman–Crippen MR) is 93.9 cm³/mol. The first-order valence-electron chi connectivity index (χ1n) is 8.15. The van der Waals surface area contributed by atoms with Gasteiger partial charge in [0.25, 0.3) is 0 Å². The number of amides is 1. The lowest BCUT2D eigenvalue weighted by Gasteiger charge is -2.08. The van der Waals surface area contributed by atoms with E-state index in [4.69, 9.17) is 4.74 Å². The highest BCUT2D eigenvalue weighted by atomic mass is 19.1. The summed E-state index contributed by atoms with van der Waals surface area (Å²) in [6.07, 6.45) is 0.104. The van der Waals surface area contributed by atoms with Gasteiger partial charge in [-0.2, -0.15) is 0 Å². The molecule has 0 bridgehead atoms. The van der Waals surface area contributed by atoms with Crippen LogP contribution in [-0.2, 0) is 24.3 Å². The van der Waals surface area contributed by atoms with Crippen molar-refractivity contribution in [2.75, 3.05) is 7.11 Å². The molecule has 0 spiro atoms. The van der Waals surface area contributed by atoms with Crippen molar-refractivity contribution in [3.05, 3.63) is 59.7 Å². The third kappa shape index (κ3) is 3.63. The third-order valence-corrected chi connectivity index (χ3v) is 4.07. The number of nitrogens with one attached hydrogen (secondary N) is 1. The molecular weight excluding hydrogens is 321 g/mol. The molecule has 0 radical (unpaired) electrons. The fourth-order valence-electron chi connectivity index (χ4n) is 2.86. The fraction of sp³-hybridized carbons (Fsp3) is 0.263. The van der Waals surface area contributed by atoms with Crippen LogP contribution in [0.15, 0.2) is 42.5 Å². The first kappa shape index (κ1) is 17.0. The van der Waals surface area contributed by atoms with E-state index in [-0.39, 0.29) is 18.1 Å². The zero-order valence-corrected chi connectivity index (χ0v) is 14.3. The molecular formula is C19H20FN3O2. The van der Waals surface area contributed by atoms with Gasteiger partial charge in [-0.1, -0.05) is 18.2 Å². The van der Waals surface area contributed by atoms with Crippen LogP contribution in [0.3, 0.4) is 0 Å². The number of ether oxygens (including phenoxy) is 1. The number of rotatable bonds is 6. The number of carbonyl (C=O) groups is 1. The average molecular weight is 341 g/mol. The second-order valence-corrected chi connectivity index (χ2v) is 5.68. The van der Waals surface area contributed by atoms with Crippen LogP contribution in [0.1, 0.15) is 18.3 Å². The Balaban J connectivity index is 1.67. The Hall–Kier alpha value is -2.89. The highest BCUT2D eigenvalue weighted by molar-refractivity contribution is 5.79. The first-order chi connectivity index (χ1) is 12.1. The monoisotopic (exact) mass is 341 g/mol. The van der Waals surface area contributed by atoms with Gasteiger partial charge in [-0.15, -0.1) is 0 Å². The Bertz CT molecular complexity index is 905. The maximum Gasteiger partial charge on any atom is 0.224 e. The maximum absolute atomic E-state index is 13.7. The normalized spacial score (nSPS) is 10.8. The number of aryl methyl sites for hydroxylation is 1. The van der Waals surface area contributed by atoms with Crippen molar-refractivity contribution < 1.29 is 13.9 Å². The molecule has 0 aliphatic rings. The molecule has 0 aliphatic carbocycles. The van der Waals surface area contributed by atoms with Crippen molar-refractivity contribution in [3.8, 4) is 5.75 Å². The Morgan fingerprint density at radius 3 is 2.80 bits per heavy atom. The highest BCUT2D eigenvalue weighted by Crippen LogP contribution is 2.18. The SMILES string of the molecule is CCn1c(CNC(=O)Cc2ccc(OC)c(F)c2)nc2ccccc21. The maximum atomic E-state index is 13.7. The number of para-hydroxylation sites is 2. The molecule has 130 valence electrons. The molecule has 2 aromatic carbocycles. The van der Waals surface area contributed by atoms with E-state index in [0.717, 1.165) is 23.4 Å². The third-order valence-electron chi connectivity index (χ3n) is 4.07. The number of benzene rings is 2. The minimum Gasteiger partial charge on any atom is -0.494 e. The zero-order chi connectivity index (χ0) is 17.8. The van der Waals surface area contributed by atoms with Crippen LogP contribution in [0.2, 0.25) is 0 Å². The summed E-state index contributed by atoms with van der Waals surface area (Å²) in [5.41, 5.74) is 2.55. The van der Waals surface area contributed by atoms with E-state index in [1.807, 2.05) is 31.2 Å². The van der Waals surface area contributed by atoms with Gasteiger partial charge in [-0.3, -0.25) is 4.79 Å². The summed E-state index contributed by atoms with van der Waals surface area (Å²) < 4.78 is 20.6. The minimum absolute atomic E-state index is 0.104. The lowest BCUT2D eigenvalue weighted by molar-refractivity contribution is -0.120. The molecule has 1 heterocycles. The Morgan fingerprint density at radius 2 is 2.08 bits per heavy atom. The molecule has 1 N–H and O–H groups in total.